The van der Waals surface area contributed by atoms with Gasteiger partial charge in [-0.1, -0.05) is 36.4 Å². The van der Waals surface area contributed by atoms with Gasteiger partial charge in [0.15, 0.2) is 0 Å². The Morgan fingerprint density at radius 1 is 0.894 bits per heavy atom. The van der Waals surface area contributed by atoms with Gasteiger partial charge in [0.2, 0.25) is 11.9 Å². The first-order chi connectivity index (χ1) is 32.0. The van der Waals surface area contributed by atoms with E-state index in [2.05, 4.69) is 58.2 Å². The molecular formula is C50H56N10O6. The highest BCUT2D eigenvalue weighted by Gasteiger charge is 2.44. The molecule has 3 aromatic carbocycles. The molecule has 3 aromatic heterocycles. The van der Waals surface area contributed by atoms with E-state index in [4.69, 9.17) is 25.2 Å². The Hall–Kier alpha value is -6.62. The predicted molar refractivity (Wildman–Crippen MR) is 253 cm³/mol. The third-order valence-corrected chi connectivity index (χ3v) is 14.0. The number of nitrogens with zero attached hydrogens (tertiary/aromatic N) is 7. The van der Waals surface area contributed by atoms with Crippen molar-refractivity contribution >= 4 is 51.3 Å². The van der Waals surface area contributed by atoms with Crippen molar-refractivity contribution in [3.63, 3.8) is 0 Å². The fourth-order valence-electron chi connectivity index (χ4n) is 10.3. The number of carbonyl (C=O) groups excluding carboxylic acids is 3. The second kappa shape index (κ2) is 17.3. The number of hydrogen-bond donors (Lipinski definition) is 3. The van der Waals surface area contributed by atoms with E-state index in [0.717, 1.165) is 84.0 Å². The maximum atomic E-state index is 14.2. The summed E-state index contributed by atoms with van der Waals surface area (Å²) in [5.41, 5.74) is 11.5. The summed E-state index contributed by atoms with van der Waals surface area (Å²) in [7, 11) is 3.29. The number of urea groups is 1. The number of pyridine rings is 1. The minimum absolute atomic E-state index is 0.0626. The summed E-state index contributed by atoms with van der Waals surface area (Å²) in [4.78, 5) is 73.8. The van der Waals surface area contributed by atoms with Crippen LogP contribution in [0.1, 0.15) is 67.6 Å². The molecule has 16 heteroatoms. The Morgan fingerprint density at radius 3 is 2.41 bits per heavy atom. The molecule has 3 aliphatic heterocycles. The van der Waals surface area contributed by atoms with Crippen molar-refractivity contribution in [1.29, 1.82) is 0 Å². The summed E-state index contributed by atoms with van der Waals surface area (Å²) >= 11 is 0. The number of fused-ring (bicyclic) bond motifs is 2. The average Bonchev–Trinajstić information content (AvgIpc) is 4.02. The molecule has 4 aliphatic rings. The van der Waals surface area contributed by atoms with Crippen molar-refractivity contribution in [2.24, 2.45) is 12.8 Å². The lowest BCUT2D eigenvalue weighted by atomic mass is 9.86. The third kappa shape index (κ3) is 7.75. The minimum Gasteiger partial charge on any atom is -0.495 e. The zero-order valence-corrected chi connectivity index (χ0v) is 37.8. The van der Waals surface area contributed by atoms with Gasteiger partial charge < -0.3 is 34.6 Å². The number of piperidine rings is 1. The van der Waals surface area contributed by atoms with Crippen molar-refractivity contribution in [2.75, 3.05) is 56.2 Å². The van der Waals surface area contributed by atoms with Crippen molar-refractivity contribution in [3.05, 3.63) is 112 Å². The maximum Gasteiger partial charge on any atom is 0.328 e. The zero-order valence-electron chi connectivity index (χ0n) is 37.8. The number of nitrogens with two attached hydrogens (primary N) is 1. The van der Waals surface area contributed by atoms with Crippen LogP contribution in [-0.2, 0) is 22.2 Å². The number of aromatic nitrogens is 4. The van der Waals surface area contributed by atoms with E-state index >= 15 is 0 Å². The Bertz CT molecular complexity index is 2910. The molecule has 0 bridgehead atoms. The number of benzene rings is 3. The number of aryl methyl sites for hydroxylation is 1. The Kier molecular flexibility index (Phi) is 11.4. The normalized spacial score (nSPS) is 20.8. The highest BCUT2D eigenvalue weighted by atomic mass is 16.5. The molecule has 342 valence electrons. The molecule has 4 N–H and O–H groups in total. The first-order valence-corrected chi connectivity index (χ1v) is 23.0. The molecule has 1 saturated carbocycles. The number of piperazine rings is 1. The number of imide groups is 1. The number of carbonyl (C=O) groups is 3. The molecule has 0 radical (unpaired) electrons. The summed E-state index contributed by atoms with van der Waals surface area (Å²) in [6.45, 7) is 7.41. The Labute approximate surface area is 382 Å². The second-order valence-electron chi connectivity index (χ2n) is 18.3. The van der Waals surface area contributed by atoms with Crippen molar-refractivity contribution in [3.8, 4) is 16.9 Å². The molecule has 1 aliphatic carbocycles. The van der Waals surface area contributed by atoms with E-state index in [0.29, 0.717) is 41.1 Å². The molecule has 3 saturated heterocycles. The van der Waals surface area contributed by atoms with Crippen LogP contribution < -0.4 is 31.1 Å². The number of rotatable bonds is 11. The van der Waals surface area contributed by atoms with E-state index in [1.165, 1.54) is 12.0 Å². The van der Waals surface area contributed by atoms with Gasteiger partial charge in [-0.15, -0.1) is 0 Å². The molecule has 0 unspecified atom stereocenters. The smallest absolute Gasteiger partial charge is 0.328 e. The molecule has 4 fully saturated rings. The van der Waals surface area contributed by atoms with Crippen LogP contribution >= 0.6 is 0 Å². The molecule has 10 rings (SSSR count). The van der Waals surface area contributed by atoms with Crippen molar-refractivity contribution < 1.29 is 23.9 Å². The topological polar surface area (TPSA) is 184 Å². The first kappa shape index (κ1) is 43.3. The SMILES string of the molecule is COc1ccc(C(=O)N2C[C@H](C)N(C3CCN(c4nc([C@@](CN)(OC5CC5)c5ccccc5)c5cc(-c6cn(C)c(=O)c7[nH]ccc67)ccc5n4)CC3)C[C@H]2C)cc1N1CCC(=O)NC1=O. The largest absolute Gasteiger partial charge is 0.495 e. The number of methoxy groups -OCH3 is 1. The standard InChI is InChI=1S/C50H56N10O6/c1-30-27-60(46(62)33-11-15-42(65-4)41(25-33)58-23-19-43(61)54-49(58)64)31(2)26-59(30)35-17-21-57(22-18-35)48-53-40-14-10-32(39-28-56(3)47(63)44-37(39)16-20-52-44)24-38(40)45(55-48)50(29-51,66-36-12-13-36)34-8-6-5-7-9-34/h5-11,14-16,20,24-25,28,30-31,35-36,52H,12-13,17-19,21-23,26-27,29,51H2,1-4H3,(H,54,61,64)/t30-,31+,50-/m0/s1. The molecule has 6 heterocycles. The fraction of sp³-hybridized carbons (Fsp3) is 0.400. The number of nitrogens with one attached hydrogen (secondary N) is 2. The molecule has 66 heavy (non-hydrogen) atoms. The van der Waals surface area contributed by atoms with Crippen LogP contribution in [0, 0.1) is 0 Å². The minimum atomic E-state index is -1.04. The van der Waals surface area contributed by atoms with Crippen molar-refractivity contribution in [1.82, 2.24) is 34.6 Å². The summed E-state index contributed by atoms with van der Waals surface area (Å²) in [5.74, 6) is 0.645. The van der Waals surface area contributed by atoms with Gasteiger partial charge in [-0.2, -0.15) is 0 Å². The van der Waals surface area contributed by atoms with Crippen LogP contribution in [-0.4, -0.2) is 118 Å². The monoisotopic (exact) mass is 892 g/mol. The van der Waals surface area contributed by atoms with Crippen LogP contribution in [0.15, 0.2) is 90.0 Å². The van der Waals surface area contributed by atoms with Gasteiger partial charge >= 0.3 is 6.03 Å². The summed E-state index contributed by atoms with van der Waals surface area (Å²) in [6.07, 6.45) is 7.60. The van der Waals surface area contributed by atoms with E-state index in [1.54, 1.807) is 36.0 Å². The second-order valence-corrected chi connectivity index (χ2v) is 18.3. The van der Waals surface area contributed by atoms with Gasteiger partial charge in [-0.25, -0.2) is 14.8 Å². The van der Waals surface area contributed by atoms with Gasteiger partial charge in [0, 0.05) is 105 Å². The number of hydrogen-bond acceptors (Lipinski definition) is 11. The van der Waals surface area contributed by atoms with Gasteiger partial charge in [-0.05, 0) is 87.1 Å². The van der Waals surface area contributed by atoms with E-state index in [9.17, 15) is 19.2 Å². The number of ether oxygens (including phenoxy) is 2. The van der Waals surface area contributed by atoms with E-state index in [1.807, 2.05) is 41.4 Å². The van der Waals surface area contributed by atoms with Crippen LogP contribution in [0.25, 0.3) is 32.9 Å². The van der Waals surface area contributed by atoms with Gasteiger partial charge in [-0.3, -0.25) is 29.5 Å². The lowest BCUT2D eigenvalue weighted by molar-refractivity contribution is -0.120. The van der Waals surface area contributed by atoms with Gasteiger partial charge in [0.05, 0.1) is 30.1 Å². The highest BCUT2D eigenvalue weighted by molar-refractivity contribution is 6.07. The van der Waals surface area contributed by atoms with E-state index in [-0.39, 0.29) is 55.1 Å². The number of H-pyrrole nitrogens is 1. The quantitative estimate of drug-likeness (QED) is 0.149. The fourth-order valence-corrected chi connectivity index (χ4v) is 10.3. The zero-order chi connectivity index (χ0) is 45.9. The highest BCUT2D eigenvalue weighted by Crippen LogP contribution is 2.43. The van der Waals surface area contributed by atoms with Crippen LogP contribution in [0.5, 0.6) is 5.75 Å². The molecule has 0 spiro atoms. The number of anilines is 2. The van der Waals surface area contributed by atoms with Gasteiger partial charge in [0.25, 0.3) is 11.5 Å². The molecule has 3 atom stereocenters. The van der Waals surface area contributed by atoms with Crippen molar-refractivity contribution in [2.45, 2.75) is 75.8 Å². The van der Waals surface area contributed by atoms with Crippen LogP contribution in [0.2, 0.25) is 0 Å². The third-order valence-electron chi connectivity index (χ3n) is 14.0. The van der Waals surface area contributed by atoms with Gasteiger partial charge in [0.1, 0.15) is 16.9 Å². The molecule has 16 nitrogen and oxygen atoms in total. The summed E-state index contributed by atoms with van der Waals surface area (Å²) < 4.78 is 14.2. The summed E-state index contributed by atoms with van der Waals surface area (Å²) in [6, 6.07) is 23.3. The average molecular weight is 893 g/mol. The number of aromatic amines is 1. The molecule has 6 aromatic rings. The maximum absolute atomic E-state index is 14.2. The predicted octanol–water partition coefficient (Wildman–Crippen LogP) is 5.52. The summed E-state index contributed by atoms with van der Waals surface area (Å²) in [5, 5.41) is 4.04. The lowest BCUT2D eigenvalue weighted by Crippen LogP contribution is -2.61. The lowest BCUT2D eigenvalue weighted by Gasteiger charge is -2.49. The first-order valence-electron chi connectivity index (χ1n) is 23.0. The Morgan fingerprint density at radius 2 is 1.68 bits per heavy atom. The molecule has 4 amide bonds. The number of amides is 4. The van der Waals surface area contributed by atoms with Crippen LogP contribution in [0.3, 0.4) is 0 Å². The molecular weight excluding hydrogens is 837 g/mol. The Balaban J connectivity index is 0.916. The van der Waals surface area contributed by atoms with E-state index < -0.39 is 11.6 Å². The van der Waals surface area contributed by atoms with Crippen LogP contribution in [0.4, 0.5) is 16.4 Å².